The summed E-state index contributed by atoms with van der Waals surface area (Å²) in [5.74, 6) is 0. The molecule has 0 heterocycles. The van der Waals surface area contributed by atoms with Gasteiger partial charge in [0, 0.05) is 0 Å². The summed E-state index contributed by atoms with van der Waals surface area (Å²) in [5, 5.41) is 0. The predicted octanol–water partition coefficient (Wildman–Crippen LogP) is -5.72. The van der Waals surface area contributed by atoms with Crippen molar-refractivity contribution in [2.45, 2.75) is 0 Å². The van der Waals surface area contributed by atoms with E-state index in [1.54, 1.807) is 0 Å². The van der Waals surface area contributed by atoms with Gasteiger partial charge in [-0.1, -0.05) is 0 Å². The third-order valence-corrected chi connectivity index (χ3v) is 0. The van der Waals surface area contributed by atoms with Crippen molar-refractivity contribution in [2.24, 2.45) is 0 Å². The second-order valence-corrected chi connectivity index (χ2v) is 0.866. The molecule has 0 aliphatic rings. The Balaban J connectivity index is -0.00000001000. The summed E-state index contributed by atoms with van der Waals surface area (Å²) in [6.45, 7) is 0. The minimum atomic E-state index is -1.75. The van der Waals surface area contributed by atoms with Crippen molar-refractivity contribution in [2.75, 3.05) is 0 Å². The third kappa shape index (κ3) is 178. The molecule has 0 bridgehead atoms. The van der Waals surface area contributed by atoms with Gasteiger partial charge in [-0.25, -0.2) is 0 Å². The van der Waals surface area contributed by atoms with Gasteiger partial charge >= 0.3 is 54.2 Å². The Hall–Kier alpha value is 2.21. The molecule has 60 valence electrons. The molecule has 3 unspecified atom stereocenters. The molecule has 0 aromatic carbocycles. The maximum Gasteiger partial charge on any atom is 1.00 e. The Morgan fingerprint density at radius 1 is 0.800 bits per heavy atom. The van der Waals surface area contributed by atoms with Gasteiger partial charge in [-0.3, -0.25) is 0 Å². The summed E-state index contributed by atoms with van der Waals surface area (Å²) < 4.78 is 25.4. The Labute approximate surface area is 107 Å². The van der Waals surface area contributed by atoms with Gasteiger partial charge in [0.25, 0.3) is 0 Å². The zero-order valence-corrected chi connectivity index (χ0v) is 11.8. The van der Waals surface area contributed by atoms with E-state index in [4.69, 9.17) is 28.4 Å². The molecule has 10 heavy (non-hydrogen) atoms. The van der Waals surface area contributed by atoms with Crippen LogP contribution in [0, 0.1) is 0 Å². The fourth-order valence-electron chi connectivity index (χ4n) is 0. The first-order valence-electron chi connectivity index (χ1n) is 1.41. The minimum Gasteiger partial charge on any atom is -0.804 e. The monoisotopic (exact) mass is 236 g/mol. The Morgan fingerprint density at radius 3 is 0.800 bits per heavy atom. The van der Waals surface area contributed by atoms with Gasteiger partial charge in [0.15, 0.2) is 0 Å². The molecule has 0 amide bonds. The molecule has 0 aromatic rings. The summed E-state index contributed by atoms with van der Waals surface area (Å²) >= 11 is 0. The molecule has 0 spiro atoms. The van der Waals surface area contributed by atoms with Gasteiger partial charge in [-0.2, -0.15) is 0 Å². The van der Waals surface area contributed by atoms with E-state index in [-0.39, 0.29) is 54.2 Å². The first-order chi connectivity index (χ1) is 4.24. The molecular formula is H8KO6P3. The summed E-state index contributed by atoms with van der Waals surface area (Å²) in [4.78, 5) is 25.4. The van der Waals surface area contributed by atoms with E-state index in [1.165, 1.54) is 0 Å². The SMILES string of the molecule is O=[PH2][O-].O=[PH2][O-].O=[PH2][O-].[H+].[H+].[K+]. The normalized spacial score (nSPS) is 8.70. The van der Waals surface area contributed by atoms with Gasteiger partial charge in [0.2, 0.25) is 0 Å². The van der Waals surface area contributed by atoms with Gasteiger partial charge in [0.05, 0.1) is 0 Å². The van der Waals surface area contributed by atoms with Crippen LogP contribution in [0.25, 0.3) is 0 Å². The molecule has 0 N–H and O–H groups in total. The van der Waals surface area contributed by atoms with Crippen molar-refractivity contribution in [3.8, 4) is 0 Å². The topological polar surface area (TPSA) is 120 Å². The van der Waals surface area contributed by atoms with Gasteiger partial charge in [-0.05, 0) is 26.1 Å². The van der Waals surface area contributed by atoms with Crippen LogP contribution in [-0.4, -0.2) is 0 Å². The smallest absolute Gasteiger partial charge is 0.804 e. The quantitative estimate of drug-likeness (QED) is 0.305. The molecule has 0 fully saturated rings. The van der Waals surface area contributed by atoms with Gasteiger partial charge in [-0.15, -0.1) is 0 Å². The van der Waals surface area contributed by atoms with Crippen LogP contribution in [0.4, 0.5) is 0 Å². The fourth-order valence-corrected chi connectivity index (χ4v) is 0. The van der Waals surface area contributed by atoms with Gasteiger partial charge in [0.1, 0.15) is 0 Å². The maximum atomic E-state index is 8.46. The Morgan fingerprint density at radius 2 is 0.800 bits per heavy atom. The fraction of sp³-hybridized carbons (Fsp3) is 0. The first kappa shape index (κ1) is 22.8. The van der Waals surface area contributed by atoms with Crippen LogP contribution in [0.2, 0.25) is 0 Å². The van der Waals surface area contributed by atoms with E-state index < -0.39 is 26.1 Å². The number of rotatable bonds is 0. The van der Waals surface area contributed by atoms with E-state index in [0.717, 1.165) is 0 Å². The summed E-state index contributed by atoms with van der Waals surface area (Å²) in [6, 6.07) is 0. The molecule has 10 heteroatoms. The van der Waals surface area contributed by atoms with Crippen LogP contribution < -0.4 is 66.1 Å². The largest absolute Gasteiger partial charge is 1.00 e. The summed E-state index contributed by atoms with van der Waals surface area (Å²) in [6.07, 6.45) is 0. The van der Waals surface area contributed by atoms with Crippen LogP contribution in [-0.2, 0) is 13.7 Å². The molecule has 0 radical (unpaired) electrons. The van der Waals surface area contributed by atoms with Crippen LogP contribution in [0.1, 0.15) is 2.85 Å². The minimum absolute atomic E-state index is 0. The molecular weight excluding hydrogens is 228 g/mol. The van der Waals surface area contributed by atoms with E-state index in [0.29, 0.717) is 0 Å². The van der Waals surface area contributed by atoms with E-state index >= 15 is 0 Å². The summed E-state index contributed by atoms with van der Waals surface area (Å²) in [5.41, 5.74) is 0. The second kappa shape index (κ2) is 43.1. The zero-order valence-electron chi connectivity index (χ0n) is 7.18. The number of hydrogen-bond donors (Lipinski definition) is 0. The predicted molar refractivity (Wildman–Crippen MR) is 33.4 cm³/mol. The van der Waals surface area contributed by atoms with Crippen LogP contribution in [0.3, 0.4) is 0 Å². The molecule has 0 aliphatic heterocycles. The van der Waals surface area contributed by atoms with E-state index in [2.05, 4.69) is 0 Å². The van der Waals surface area contributed by atoms with Crippen LogP contribution in [0.5, 0.6) is 0 Å². The third-order valence-electron chi connectivity index (χ3n) is 0. The molecule has 0 saturated heterocycles. The second-order valence-electron chi connectivity index (χ2n) is 0.289. The van der Waals surface area contributed by atoms with Crippen molar-refractivity contribution in [3.05, 3.63) is 0 Å². The van der Waals surface area contributed by atoms with Gasteiger partial charge < -0.3 is 28.4 Å². The number of hydrogen-bond acceptors (Lipinski definition) is 6. The van der Waals surface area contributed by atoms with Crippen molar-refractivity contribution >= 4 is 26.1 Å². The Kier molecular flexibility index (Phi) is 98.0. The average Bonchev–Trinajstić information content (AvgIpc) is 1.70. The van der Waals surface area contributed by atoms with Crippen molar-refractivity contribution < 1.29 is 82.6 Å². The molecule has 0 aromatic heterocycles. The van der Waals surface area contributed by atoms with Crippen molar-refractivity contribution in [3.63, 3.8) is 0 Å². The average molecular weight is 236 g/mol. The molecule has 0 aliphatic carbocycles. The maximum absolute atomic E-state index is 8.46. The standard InChI is InChI=1S/K.3H3O2P/c;3*1-3-2/h;3*3H2,(H,1,2)/q+1;;;/p-1. The Bertz CT molecular complexity index is 57.5. The van der Waals surface area contributed by atoms with E-state index in [9.17, 15) is 0 Å². The molecule has 0 saturated carbocycles. The molecule has 6 nitrogen and oxygen atoms in total. The zero-order chi connectivity index (χ0) is 8.12. The van der Waals surface area contributed by atoms with E-state index in [1.807, 2.05) is 0 Å². The first-order valence-corrected chi connectivity index (χ1v) is 4.24. The summed E-state index contributed by atoms with van der Waals surface area (Å²) in [7, 11) is -5.25. The van der Waals surface area contributed by atoms with Crippen LogP contribution in [0.15, 0.2) is 0 Å². The molecule has 0 rings (SSSR count). The van der Waals surface area contributed by atoms with Crippen LogP contribution >= 0.6 is 26.1 Å². The molecule has 3 atom stereocenters. The van der Waals surface area contributed by atoms with Crippen molar-refractivity contribution in [1.29, 1.82) is 0 Å². The van der Waals surface area contributed by atoms with Crippen molar-refractivity contribution in [1.82, 2.24) is 0 Å².